The van der Waals surface area contributed by atoms with Crippen LogP contribution < -0.4 is 5.32 Å². The smallest absolute Gasteiger partial charge is 0.133 e. The zero-order chi connectivity index (χ0) is 19.0. The van der Waals surface area contributed by atoms with E-state index in [4.69, 9.17) is 0 Å². The van der Waals surface area contributed by atoms with Gasteiger partial charge >= 0.3 is 0 Å². The monoisotopic (exact) mass is 382 g/mol. The maximum Gasteiger partial charge on any atom is 0.133 e. The maximum absolute atomic E-state index is 15.2. The molecule has 0 spiro atoms. The molecule has 2 N–H and O–H groups in total. The van der Waals surface area contributed by atoms with Crippen molar-refractivity contribution in [2.45, 2.75) is 56.6 Å². The average molecular weight is 383 g/mol. The molecule has 1 aliphatic carbocycles. The Labute approximate surface area is 162 Å². The van der Waals surface area contributed by atoms with E-state index in [0.717, 1.165) is 46.3 Å². The van der Waals surface area contributed by atoms with E-state index in [2.05, 4.69) is 17.2 Å². The van der Waals surface area contributed by atoms with E-state index in [0.29, 0.717) is 5.56 Å². The van der Waals surface area contributed by atoms with Gasteiger partial charge in [-0.25, -0.2) is 9.37 Å². The van der Waals surface area contributed by atoms with Crippen molar-refractivity contribution in [2.75, 3.05) is 5.32 Å². The first-order chi connectivity index (χ1) is 12.8. The van der Waals surface area contributed by atoms with Gasteiger partial charge in [-0.1, -0.05) is 6.92 Å². The van der Waals surface area contributed by atoms with E-state index >= 15 is 4.39 Å². The second-order valence-electron chi connectivity index (χ2n) is 8.67. The van der Waals surface area contributed by atoms with Crippen molar-refractivity contribution in [3.05, 3.63) is 47.2 Å². The molecule has 0 amide bonds. The fraction of sp³-hybridized carbons (Fsp3) is 0.409. The summed E-state index contributed by atoms with van der Waals surface area (Å²) < 4.78 is 15.2. The fourth-order valence-electron chi connectivity index (χ4n) is 5.43. The number of nitrogens with one attached hydrogen (secondary N) is 1. The van der Waals surface area contributed by atoms with Crippen LogP contribution in [0.2, 0.25) is 0 Å². The molecule has 1 aromatic carbocycles. The van der Waals surface area contributed by atoms with Gasteiger partial charge in [-0.3, -0.25) is 0 Å². The molecular weight excluding hydrogens is 359 g/mol. The van der Waals surface area contributed by atoms with Gasteiger partial charge in [-0.2, -0.15) is 0 Å². The number of aliphatic hydroxyl groups is 1. The average Bonchev–Trinajstić information content (AvgIpc) is 3.20. The molecule has 1 fully saturated rings. The third-order valence-electron chi connectivity index (χ3n) is 6.97. The van der Waals surface area contributed by atoms with E-state index in [1.807, 2.05) is 37.4 Å². The lowest BCUT2D eigenvalue weighted by atomic mass is 9.60. The minimum atomic E-state index is -0.863. The highest BCUT2D eigenvalue weighted by Gasteiger charge is 2.62. The molecular formula is C22H23FN2OS. The van der Waals surface area contributed by atoms with Gasteiger partial charge in [0.1, 0.15) is 10.6 Å². The van der Waals surface area contributed by atoms with Gasteiger partial charge in [0.2, 0.25) is 0 Å². The predicted octanol–water partition coefficient (Wildman–Crippen LogP) is 5.48. The number of halogens is 1. The van der Waals surface area contributed by atoms with E-state index in [1.165, 1.54) is 0 Å². The van der Waals surface area contributed by atoms with E-state index in [-0.39, 0.29) is 5.82 Å². The Morgan fingerprint density at radius 1 is 1.15 bits per heavy atom. The Hall–Kier alpha value is -1.98. The molecule has 0 saturated heterocycles. The van der Waals surface area contributed by atoms with Crippen LogP contribution in [0.1, 0.15) is 45.6 Å². The minimum absolute atomic E-state index is 0.247. The third-order valence-corrected chi connectivity index (χ3v) is 7.79. The molecule has 5 rings (SSSR count). The third kappa shape index (κ3) is 2.07. The lowest BCUT2D eigenvalue weighted by Gasteiger charge is -2.55. The molecule has 3 aromatic rings. The Morgan fingerprint density at radius 3 is 2.78 bits per heavy atom. The van der Waals surface area contributed by atoms with Crippen LogP contribution in [-0.4, -0.2) is 21.2 Å². The highest BCUT2D eigenvalue weighted by atomic mass is 32.1. The van der Waals surface area contributed by atoms with Crippen LogP contribution in [-0.2, 0) is 5.41 Å². The van der Waals surface area contributed by atoms with Crippen LogP contribution >= 0.6 is 11.3 Å². The zero-order valence-corrected chi connectivity index (χ0v) is 16.6. The van der Waals surface area contributed by atoms with Crippen molar-refractivity contribution < 1.29 is 9.50 Å². The van der Waals surface area contributed by atoms with Gasteiger partial charge in [0.25, 0.3) is 0 Å². The molecule has 3 nitrogen and oxygen atoms in total. The summed E-state index contributed by atoms with van der Waals surface area (Å²) >= 11 is 1.56. The van der Waals surface area contributed by atoms with E-state index < -0.39 is 16.6 Å². The van der Waals surface area contributed by atoms with Gasteiger partial charge in [-0.15, -0.1) is 11.3 Å². The first-order valence-corrected chi connectivity index (χ1v) is 10.3. The highest BCUT2D eigenvalue weighted by molar-refractivity contribution is 7.16. The van der Waals surface area contributed by atoms with Crippen molar-refractivity contribution in [3.63, 3.8) is 0 Å². The Kier molecular flexibility index (Phi) is 3.36. The topological polar surface area (TPSA) is 45.2 Å². The van der Waals surface area contributed by atoms with E-state index in [1.54, 1.807) is 23.6 Å². The molecule has 2 aromatic heterocycles. The Bertz CT molecular complexity index is 1080. The first-order valence-electron chi connectivity index (χ1n) is 9.44. The lowest BCUT2D eigenvalue weighted by molar-refractivity contribution is -0.0628. The molecule has 27 heavy (non-hydrogen) atoms. The molecule has 0 radical (unpaired) electrons. The van der Waals surface area contributed by atoms with Gasteiger partial charge in [0, 0.05) is 28.2 Å². The Morgan fingerprint density at radius 2 is 1.96 bits per heavy atom. The summed E-state index contributed by atoms with van der Waals surface area (Å²) in [5.41, 5.74) is 1.46. The van der Waals surface area contributed by atoms with Crippen LogP contribution in [0.5, 0.6) is 0 Å². The van der Waals surface area contributed by atoms with Crippen LogP contribution in [0.25, 0.3) is 21.3 Å². The molecule has 3 heterocycles. The fourth-order valence-corrected chi connectivity index (χ4v) is 6.19. The SMILES string of the molecule is CC1(C)Nc2cc(F)c(-c3ccnc4sccc34)cc2C2(C)CCCC12O. The van der Waals surface area contributed by atoms with Gasteiger partial charge in [0.05, 0.1) is 11.1 Å². The van der Waals surface area contributed by atoms with Crippen LogP contribution in [0.3, 0.4) is 0 Å². The van der Waals surface area contributed by atoms with Crippen LogP contribution in [0.4, 0.5) is 10.1 Å². The van der Waals surface area contributed by atoms with E-state index in [9.17, 15) is 5.11 Å². The number of hydrogen-bond donors (Lipinski definition) is 2. The molecule has 140 valence electrons. The summed E-state index contributed by atoms with van der Waals surface area (Å²) in [7, 11) is 0. The number of benzene rings is 1. The lowest BCUT2D eigenvalue weighted by Crippen LogP contribution is -2.65. The molecule has 2 aliphatic rings. The highest BCUT2D eigenvalue weighted by Crippen LogP contribution is 2.59. The van der Waals surface area contributed by atoms with Crippen LogP contribution in [0, 0.1) is 5.82 Å². The van der Waals surface area contributed by atoms with Gasteiger partial charge < -0.3 is 10.4 Å². The quantitative estimate of drug-likeness (QED) is 0.586. The molecule has 2 atom stereocenters. The number of nitrogens with zero attached hydrogens (tertiary/aromatic N) is 1. The summed E-state index contributed by atoms with van der Waals surface area (Å²) in [6.07, 6.45) is 4.35. The largest absolute Gasteiger partial charge is 0.387 e. The Balaban J connectivity index is 1.78. The number of anilines is 1. The number of rotatable bonds is 1. The summed E-state index contributed by atoms with van der Waals surface area (Å²) in [5.74, 6) is -0.247. The van der Waals surface area contributed by atoms with Gasteiger partial charge in [-0.05, 0) is 73.9 Å². The van der Waals surface area contributed by atoms with Crippen molar-refractivity contribution in [3.8, 4) is 11.1 Å². The molecule has 1 aliphatic heterocycles. The standard InChI is InChI=1S/C22H23FN2OS/c1-20(2)22(26)8-4-7-21(22,3)16-11-15(17(23)12-18(16)25-20)13-5-9-24-19-14(13)6-10-27-19/h5-6,9-12,25-26H,4,7-8H2,1-3H3. The summed E-state index contributed by atoms with van der Waals surface area (Å²) in [6.45, 7) is 6.17. The van der Waals surface area contributed by atoms with Crippen molar-refractivity contribution in [2.24, 2.45) is 0 Å². The van der Waals surface area contributed by atoms with Crippen molar-refractivity contribution in [1.82, 2.24) is 4.98 Å². The number of hydrogen-bond acceptors (Lipinski definition) is 4. The molecule has 2 unspecified atom stereocenters. The summed E-state index contributed by atoms with van der Waals surface area (Å²) in [6, 6.07) is 7.43. The molecule has 5 heteroatoms. The normalized spacial score (nSPS) is 28.6. The number of fused-ring (bicyclic) bond motifs is 4. The number of aromatic nitrogens is 1. The second kappa shape index (κ2) is 5.30. The maximum atomic E-state index is 15.2. The summed E-state index contributed by atoms with van der Waals surface area (Å²) in [5, 5.41) is 18.0. The molecule has 1 saturated carbocycles. The summed E-state index contributed by atoms with van der Waals surface area (Å²) in [4.78, 5) is 5.29. The van der Waals surface area contributed by atoms with Gasteiger partial charge in [0.15, 0.2) is 0 Å². The van der Waals surface area contributed by atoms with Crippen LogP contribution in [0.15, 0.2) is 35.8 Å². The molecule has 0 bridgehead atoms. The number of pyridine rings is 1. The first kappa shape index (κ1) is 17.1. The minimum Gasteiger partial charge on any atom is -0.387 e. The zero-order valence-electron chi connectivity index (χ0n) is 15.8. The van der Waals surface area contributed by atoms with Crippen molar-refractivity contribution in [1.29, 1.82) is 0 Å². The second-order valence-corrected chi connectivity index (χ2v) is 9.57. The van der Waals surface area contributed by atoms with Crippen molar-refractivity contribution >= 4 is 27.2 Å². The predicted molar refractivity (Wildman–Crippen MR) is 109 cm³/mol. The number of thiophene rings is 1.